The molecule has 0 fully saturated rings. The third-order valence-electron chi connectivity index (χ3n) is 3.00. The molecular weight excluding hydrogens is 214 g/mol. The molecule has 0 bridgehead atoms. The summed E-state index contributed by atoms with van der Waals surface area (Å²) in [5.74, 6) is 0. The quantitative estimate of drug-likeness (QED) is 0.824. The molecule has 2 aromatic heterocycles. The highest BCUT2D eigenvalue weighted by atomic mass is 16.3. The van der Waals surface area contributed by atoms with Gasteiger partial charge in [-0.3, -0.25) is 0 Å². The average molecular weight is 233 g/mol. The van der Waals surface area contributed by atoms with Gasteiger partial charge in [0.15, 0.2) is 0 Å². The number of rotatable bonds is 5. The summed E-state index contributed by atoms with van der Waals surface area (Å²) in [4.78, 5) is 0. The molecule has 92 valence electrons. The van der Waals surface area contributed by atoms with Crippen molar-refractivity contribution in [3.8, 4) is 0 Å². The van der Waals surface area contributed by atoms with Crippen molar-refractivity contribution in [3.63, 3.8) is 0 Å². The maximum absolute atomic E-state index is 8.97. The minimum Gasteiger partial charge on any atom is -0.396 e. The molecule has 4 nitrogen and oxygen atoms in total. The Labute approximate surface area is 101 Å². The van der Waals surface area contributed by atoms with E-state index in [2.05, 4.69) is 30.3 Å². The highest BCUT2D eigenvalue weighted by Crippen LogP contribution is 2.13. The van der Waals surface area contributed by atoms with Crippen molar-refractivity contribution in [3.05, 3.63) is 36.2 Å². The summed E-state index contributed by atoms with van der Waals surface area (Å²) in [6.07, 6.45) is 4.57. The van der Waals surface area contributed by atoms with Crippen molar-refractivity contribution in [1.82, 2.24) is 14.9 Å². The Kier molecular flexibility index (Phi) is 3.45. The topological polar surface area (TPSA) is 49.6 Å². The van der Waals surface area contributed by atoms with Gasteiger partial charge in [-0.05, 0) is 32.4 Å². The van der Waals surface area contributed by atoms with Crippen molar-refractivity contribution in [1.29, 1.82) is 0 Å². The van der Waals surface area contributed by atoms with Crippen molar-refractivity contribution < 1.29 is 5.11 Å². The van der Waals surface area contributed by atoms with E-state index in [-0.39, 0.29) is 12.1 Å². The van der Waals surface area contributed by atoms with E-state index in [9.17, 15) is 0 Å². The summed E-state index contributed by atoms with van der Waals surface area (Å²) < 4.78 is 1.87. The van der Waals surface area contributed by atoms with Crippen LogP contribution in [0.1, 0.15) is 25.8 Å². The van der Waals surface area contributed by atoms with Crippen molar-refractivity contribution in [2.45, 2.75) is 32.4 Å². The number of fused-ring (bicyclic) bond motifs is 1. The first-order chi connectivity index (χ1) is 8.12. The molecule has 0 aromatic carbocycles. The fourth-order valence-corrected chi connectivity index (χ4v) is 1.83. The van der Waals surface area contributed by atoms with E-state index >= 15 is 0 Å². The molecule has 0 spiro atoms. The standard InChI is InChI=1S/C13H19N3O/c1-13(2,6-8-17)14-9-11-10-15-16-7-4-3-5-12(11)16/h3-5,7,10,14,17H,6,8-9H2,1-2H3. The van der Waals surface area contributed by atoms with E-state index in [1.54, 1.807) is 0 Å². The van der Waals surface area contributed by atoms with E-state index in [1.807, 2.05) is 29.0 Å². The lowest BCUT2D eigenvalue weighted by atomic mass is 10.0. The van der Waals surface area contributed by atoms with Gasteiger partial charge in [-0.25, -0.2) is 4.52 Å². The van der Waals surface area contributed by atoms with Gasteiger partial charge in [0.25, 0.3) is 0 Å². The van der Waals surface area contributed by atoms with Crippen LogP contribution in [0.3, 0.4) is 0 Å². The average Bonchev–Trinajstić information content (AvgIpc) is 2.70. The minimum atomic E-state index is -0.0577. The molecule has 2 aromatic rings. The summed E-state index contributed by atoms with van der Waals surface area (Å²) in [6, 6.07) is 6.04. The zero-order valence-electron chi connectivity index (χ0n) is 10.3. The van der Waals surface area contributed by atoms with Gasteiger partial charge in [-0.1, -0.05) is 6.07 Å². The molecule has 17 heavy (non-hydrogen) atoms. The van der Waals surface area contributed by atoms with Gasteiger partial charge in [-0.2, -0.15) is 5.10 Å². The molecule has 2 N–H and O–H groups in total. The largest absolute Gasteiger partial charge is 0.396 e. The maximum Gasteiger partial charge on any atom is 0.0706 e. The van der Waals surface area contributed by atoms with E-state index in [0.29, 0.717) is 0 Å². The van der Waals surface area contributed by atoms with Gasteiger partial charge in [0.2, 0.25) is 0 Å². The lowest BCUT2D eigenvalue weighted by Crippen LogP contribution is -2.39. The van der Waals surface area contributed by atoms with Gasteiger partial charge in [0, 0.05) is 30.5 Å². The molecule has 2 rings (SSSR count). The third-order valence-corrected chi connectivity index (χ3v) is 3.00. The molecule has 0 amide bonds. The Morgan fingerprint density at radius 2 is 2.24 bits per heavy atom. The van der Waals surface area contributed by atoms with Crippen LogP contribution in [0.4, 0.5) is 0 Å². The molecule has 0 saturated heterocycles. The number of pyridine rings is 1. The molecule has 0 atom stereocenters. The second kappa shape index (κ2) is 4.85. The lowest BCUT2D eigenvalue weighted by Gasteiger charge is -2.25. The maximum atomic E-state index is 8.97. The third kappa shape index (κ3) is 2.84. The summed E-state index contributed by atoms with van der Waals surface area (Å²) in [5.41, 5.74) is 2.24. The predicted octanol–water partition coefficient (Wildman–Crippen LogP) is 1.58. The first kappa shape index (κ1) is 12.1. The smallest absolute Gasteiger partial charge is 0.0706 e. The molecule has 4 heteroatoms. The number of aliphatic hydroxyl groups is 1. The van der Waals surface area contributed by atoms with Crippen LogP contribution in [0.15, 0.2) is 30.6 Å². The van der Waals surface area contributed by atoms with Gasteiger partial charge in [0.05, 0.1) is 11.7 Å². The summed E-state index contributed by atoms with van der Waals surface area (Å²) in [5, 5.41) is 16.7. The van der Waals surface area contributed by atoms with Crippen LogP contribution in [-0.2, 0) is 6.54 Å². The Hall–Kier alpha value is -1.39. The zero-order valence-corrected chi connectivity index (χ0v) is 10.3. The summed E-state index contributed by atoms with van der Waals surface area (Å²) in [7, 11) is 0. The van der Waals surface area contributed by atoms with Gasteiger partial charge < -0.3 is 10.4 Å². The van der Waals surface area contributed by atoms with Crippen LogP contribution in [0, 0.1) is 0 Å². The second-order valence-electron chi connectivity index (χ2n) is 4.91. The molecule has 2 heterocycles. The van der Waals surface area contributed by atoms with Crippen LogP contribution in [-0.4, -0.2) is 26.9 Å². The number of hydrogen-bond acceptors (Lipinski definition) is 3. The first-order valence-corrected chi connectivity index (χ1v) is 5.89. The van der Waals surface area contributed by atoms with Crippen molar-refractivity contribution in [2.24, 2.45) is 0 Å². The monoisotopic (exact) mass is 233 g/mol. The highest BCUT2D eigenvalue weighted by molar-refractivity contribution is 5.53. The van der Waals surface area contributed by atoms with Crippen LogP contribution in [0.5, 0.6) is 0 Å². The molecule has 0 radical (unpaired) electrons. The molecule has 0 unspecified atom stereocenters. The van der Waals surface area contributed by atoms with E-state index in [0.717, 1.165) is 18.5 Å². The van der Waals surface area contributed by atoms with Crippen LogP contribution in [0.2, 0.25) is 0 Å². The highest BCUT2D eigenvalue weighted by Gasteiger charge is 2.16. The molecule has 0 aliphatic heterocycles. The number of nitrogens with zero attached hydrogens (tertiary/aromatic N) is 2. The number of aliphatic hydroxyl groups excluding tert-OH is 1. The van der Waals surface area contributed by atoms with Crippen LogP contribution < -0.4 is 5.32 Å². The van der Waals surface area contributed by atoms with Gasteiger partial charge in [-0.15, -0.1) is 0 Å². The lowest BCUT2D eigenvalue weighted by molar-refractivity contribution is 0.230. The van der Waals surface area contributed by atoms with Gasteiger partial charge >= 0.3 is 0 Å². The first-order valence-electron chi connectivity index (χ1n) is 5.89. The van der Waals surface area contributed by atoms with Crippen LogP contribution >= 0.6 is 0 Å². The number of nitrogens with one attached hydrogen (secondary N) is 1. The summed E-state index contributed by atoms with van der Waals surface area (Å²) in [6.45, 7) is 5.15. The predicted molar refractivity (Wildman–Crippen MR) is 67.8 cm³/mol. The van der Waals surface area contributed by atoms with E-state index in [1.165, 1.54) is 5.56 Å². The Morgan fingerprint density at radius 3 is 3.00 bits per heavy atom. The van der Waals surface area contributed by atoms with Crippen LogP contribution in [0.25, 0.3) is 5.52 Å². The van der Waals surface area contributed by atoms with E-state index < -0.39 is 0 Å². The number of aromatic nitrogens is 2. The van der Waals surface area contributed by atoms with E-state index in [4.69, 9.17) is 5.11 Å². The minimum absolute atomic E-state index is 0.0577. The number of hydrogen-bond donors (Lipinski definition) is 2. The van der Waals surface area contributed by atoms with Crippen molar-refractivity contribution in [2.75, 3.05) is 6.61 Å². The molecule has 0 aliphatic rings. The fraction of sp³-hybridized carbons (Fsp3) is 0.462. The van der Waals surface area contributed by atoms with Crippen molar-refractivity contribution >= 4 is 5.52 Å². The Balaban J connectivity index is 2.09. The zero-order chi connectivity index (χ0) is 12.3. The Morgan fingerprint density at radius 1 is 1.41 bits per heavy atom. The fourth-order valence-electron chi connectivity index (χ4n) is 1.83. The molecule has 0 saturated carbocycles. The normalized spacial score (nSPS) is 12.2. The SMILES string of the molecule is CC(C)(CCO)NCc1cnn2ccccc12. The second-order valence-corrected chi connectivity index (χ2v) is 4.91. The molecular formula is C13H19N3O. The van der Waals surface area contributed by atoms with Gasteiger partial charge in [0.1, 0.15) is 0 Å². The molecule has 0 aliphatic carbocycles. The Bertz CT molecular complexity index is 490. The summed E-state index contributed by atoms with van der Waals surface area (Å²) >= 11 is 0.